The molecule has 5 heteroatoms. The van der Waals surface area contributed by atoms with Crippen molar-refractivity contribution in [2.75, 3.05) is 24.3 Å². The highest BCUT2D eigenvalue weighted by molar-refractivity contribution is 6.33. The molecule has 110 valence electrons. The van der Waals surface area contributed by atoms with Crippen molar-refractivity contribution in [1.29, 1.82) is 0 Å². The Kier molecular flexibility index (Phi) is 3.64. The first kappa shape index (κ1) is 14.0. The van der Waals surface area contributed by atoms with Gasteiger partial charge in [-0.2, -0.15) is 0 Å². The third-order valence-electron chi connectivity index (χ3n) is 3.73. The summed E-state index contributed by atoms with van der Waals surface area (Å²) in [6.07, 6.45) is 2.48. The number of rotatable bonds is 4. The molecule has 2 aromatic rings. The van der Waals surface area contributed by atoms with Crippen molar-refractivity contribution < 1.29 is 9.21 Å². The summed E-state index contributed by atoms with van der Waals surface area (Å²) in [5.74, 6) is 1.10. The van der Waals surface area contributed by atoms with E-state index in [9.17, 15) is 4.79 Å². The summed E-state index contributed by atoms with van der Waals surface area (Å²) in [4.78, 5) is 14.1. The Morgan fingerprint density at radius 3 is 2.81 bits per heavy atom. The Morgan fingerprint density at radius 1 is 1.38 bits per heavy atom. The average Bonchev–Trinajstić information content (AvgIpc) is 3.05. The van der Waals surface area contributed by atoms with Crippen molar-refractivity contribution in [3.05, 3.63) is 47.4 Å². The number of carbonyl (C=O) groups excluding carboxylic acids is 1. The molecule has 1 heterocycles. The zero-order valence-electron chi connectivity index (χ0n) is 12.0. The Hall–Kier alpha value is -1.94. The fourth-order valence-electron chi connectivity index (χ4n) is 2.48. The van der Waals surface area contributed by atoms with E-state index in [4.69, 9.17) is 16.0 Å². The van der Waals surface area contributed by atoms with Gasteiger partial charge in [0.2, 0.25) is 5.91 Å². The van der Waals surface area contributed by atoms with Crippen molar-refractivity contribution in [1.82, 2.24) is 0 Å². The Morgan fingerprint density at radius 2 is 2.19 bits per heavy atom. The van der Waals surface area contributed by atoms with Crippen LogP contribution >= 0.6 is 11.6 Å². The molecular weight excluding hydrogens is 288 g/mol. The summed E-state index contributed by atoms with van der Waals surface area (Å²) in [6.45, 7) is 0. The molecule has 2 atom stereocenters. The van der Waals surface area contributed by atoms with Crippen LogP contribution in [0.2, 0.25) is 5.02 Å². The number of hydrogen-bond acceptors (Lipinski definition) is 3. The predicted octanol–water partition coefficient (Wildman–Crippen LogP) is 3.74. The molecule has 1 aromatic carbocycles. The molecule has 0 bridgehead atoms. The molecule has 1 amide bonds. The van der Waals surface area contributed by atoms with Crippen LogP contribution in [0.3, 0.4) is 0 Å². The molecule has 1 fully saturated rings. The summed E-state index contributed by atoms with van der Waals surface area (Å²) >= 11 is 6.20. The zero-order chi connectivity index (χ0) is 15.0. The largest absolute Gasteiger partial charge is 0.469 e. The minimum atomic E-state index is -0.0107. The fraction of sp³-hybridized carbons (Fsp3) is 0.312. The second-order valence-electron chi connectivity index (χ2n) is 5.51. The SMILES string of the molecule is CN(C)c1ccc(NC(=O)C2CC2c2ccco2)cc1Cl. The lowest BCUT2D eigenvalue weighted by atomic mass is 10.2. The van der Waals surface area contributed by atoms with E-state index in [1.54, 1.807) is 12.3 Å². The lowest BCUT2D eigenvalue weighted by molar-refractivity contribution is -0.117. The molecule has 4 nitrogen and oxygen atoms in total. The molecule has 1 aromatic heterocycles. The summed E-state index contributed by atoms with van der Waals surface area (Å²) in [6, 6.07) is 9.31. The third-order valence-corrected chi connectivity index (χ3v) is 4.04. The van der Waals surface area contributed by atoms with Crippen molar-refractivity contribution in [2.24, 2.45) is 5.92 Å². The maximum absolute atomic E-state index is 12.2. The Labute approximate surface area is 128 Å². The van der Waals surface area contributed by atoms with E-state index < -0.39 is 0 Å². The van der Waals surface area contributed by atoms with Crippen LogP contribution in [-0.4, -0.2) is 20.0 Å². The van der Waals surface area contributed by atoms with E-state index in [1.807, 2.05) is 43.3 Å². The van der Waals surface area contributed by atoms with Gasteiger partial charge in [0, 0.05) is 31.6 Å². The second kappa shape index (κ2) is 5.45. The quantitative estimate of drug-likeness (QED) is 0.936. The van der Waals surface area contributed by atoms with Crippen LogP contribution in [0.4, 0.5) is 11.4 Å². The molecule has 2 unspecified atom stereocenters. The van der Waals surface area contributed by atoms with E-state index >= 15 is 0 Å². The van der Waals surface area contributed by atoms with Crippen LogP contribution in [-0.2, 0) is 4.79 Å². The first-order valence-corrected chi connectivity index (χ1v) is 7.25. The lowest BCUT2D eigenvalue weighted by Gasteiger charge is -2.15. The van der Waals surface area contributed by atoms with Crippen LogP contribution in [0.25, 0.3) is 0 Å². The Bertz CT molecular complexity index is 652. The van der Waals surface area contributed by atoms with Crippen LogP contribution in [0.1, 0.15) is 18.1 Å². The topological polar surface area (TPSA) is 45.5 Å². The summed E-state index contributed by atoms with van der Waals surface area (Å²) in [5.41, 5.74) is 1.65. The van der Waals surface area contributed by atoms with E-state index in [0.717, 1.165) is 23.6 Å². The number of halogens is 1. The number of hydrogen-bond donors (Lipinski definition) is 1. The molecule has 1 aliphatic carbocycles. The maximum atomic E-state index is 12.2. The highest BCUT2D eigenvalue weighted by Crippen LogP contribution is 2.48. The van der Waals surface area contributed by atoms with Gasteiger partial charge in [0.05, 0.1) is 17.0 Å². The van der Waals surface area contributed by atoms with E-state index in [-0.39, 0.29) is 17.7 Å². The highest BCUT2D eigenvalue weighted by Gasteiger charge is 2.45. The number of amides is 1. The third kappa shape index (κ3) is 2.90. The molecule has 3 rings (SSSR count). The van der Waals surface area contributed by atoms with Crippen molar-refractivity contribution in [3.8, 4) is 0 Å². The van der Waals surface area contributed by atoms with E-state index in [0.29, 0.717) is 5.02 Å². The number of anilines is 2. The van der Waals surface area contributed by atoms with Gasteiger partial charge in [-0.1, -0.05) is 11.6 Å². The van der Waals surface area contributed by atoms with Crippen molar-refractivity contribution in [2.45, 2.75) is 12.3 Å². The summed E-state index contributed by atoms with van der Waals surface area (Å²) in [5, 5.41) is 3.54. The monoisotopic (exact) mass is 304 g/mol. The number of furan rings is 1. The minimum absolute atomic E-state index is 0.0107. The highest BCUT2D eigenvalue weighted by atomic mass is 35.5. The van der Waals surface area contributed by atoms with Gasteiger partial charge >= 0.3 is 0 Å². The number of nitrogens with zero attached hydrogens (tertiary/aromatic N) is 1. The van der Waals surface area contributed by atoms with Crippen molar-refractivity contribution >= 4 is 28.9 Å². The van der Waals surface area contributed by atoms with Crippen molar-refractivity contribution in [3.63, 3.8) is 0 Å². The molecule has 1 saturated carbocycles. The molecule has 0 aliphatic heterocycles. The number of benzene rings is 1. The predicted molar refractivity (Wildman–Crippen MR) is 84.0 cm³/mol. The van der Waals surface area contributed by atoms with Gasteiger partial charge in [-0.25, -0.2) is 0 Å². The summed E-state index contributed by atoms with van der Waals surface area (Å²) in [7, 11) is 3.86. The number of nitrogens with one attached hydrogen (secondary N) is 1. The van der Waals surface area contributed by atoms with Gasteiger partial charge in [0.15, 0.2) is 0 Å². The first-order chi connectivity index (χ1) is 10.1. The Balaban J connectivity index is 1.65. The molecule has 0 radical (unpaired) electrons. The van der Waals surface area contributed by atoms with Crippen LogP contribution in [0.5, 0.6) is 0 Å². The average molecular weight is 305 g/mol. The first-order valence-electron chi connectivity index (χ1n) is 6.87. The van der Waals surface area contributed by atoms with Crippen LogP contribution in [0, 0.1) is 5.92 Å². The van der Waals surface area contributed by atoms with Gasteiger partial charge < -0.3 is 14.6 Å². The molecular formula is C16H17ClN2O2. The van der Waals surface area contributed by atoms with Gasteiger partial charge in [0.25, 0.3) is 0 Å². The molecule has 0 spiro atoms. The van der Waals surface area contributed by atoms with Gasteiger partial charge in [-0.05, 0) is 36.8 Å². The standard InChI is InChI=1S/C16H17ClN2O2/c1-19(2)14-6-5-10(8-13(14)17)18-16(20)12-9-11(12)15-4-3-7-21-15/h3-8,11-12H,9H2,1-2H3,(H,18,20). The fourth-order valence-corrected chi connectivity index (χ4v) is 2.83. The van der Waals surface area contributed by atoms with Crippen LogP contribution in [0.15, 0.2) is 41.0 Å². The lowest BCUT2D eigenvalue weighted by Crippen LogP contribution is -2.15. The van der Waals surface area contributed by atoms with E-state index in [1.165, 1.54) is 0 Å². The van der Waals surface area contributed by atoms with Gasteiger partial charge in [-0.15, -0.1) is 0 Å². The molecule has 21 heavy (non-hydrogen) atoms. The normalized spacial score (nSPS) is 20.1. The van der Waals surface area contributed by atoms with E-state index in [2.05, 4.69) is 5.32 Å². The summed E-state index contributed by atoms with van der Waals surface area (Å²) < 4.78 is 5.34. The number of carbonyl (C=O) groups is 1. The van der Waals surface area contributed by atoms with Gasteiger partial charge in [0.1, 0.15) is 5.76 Å². The maximum Gasteiger partial charge on any atom is 0.228 e. The molecule has 1 N–H and O–H groups in total. The minimum Gasteiger partial charge on any atom is -0.469 e. The molecule has 1 aliphatic rings. The van der Waals surface area contributed by atoms with Crippen LogP contribution < -0.4 is 10.2 Å². The second-order valence-corrected chi connectivity index (χ2v) is 5.92. The zero-order valence-corrected chi connectivity index (χ0v) is 12.7. The smallest absolute Gasteiger partial charge is 0.228 e. The molecule has 0 saturated heterocycles. The van der Waals surface area contributed by atoms with Gasteiger partial charge in [-0.3, -0.25) is 4.79 Å².